The summed E-state index contributed by atoms with van der Waals surface area (Å²) >= 11 is 0. The molecule has 0 aliphatic carbocycles. The van der Waals surface area contributed by atoms with Crippen molar-refractivity contribution in [2.45, 2.75) is 71.3 Å². The van der Waals surface area contributed by atoms with E-state index < -0.39 is 10.0 Å². The van der Waals surface area contributed by atoms with E-state index in [1.54, 1.807) is 0 Å². The minimum Gasteiger partial charge on any atom is -0.491 e. The summed E-state index contributed by atoms with van der Waals surface area (Å²) < 4.78 is 32.4. The lowest BCUT2D eigenvalue weighted by atomic mass is 9.92. The lowest BCUT2D eigenvalue weighted by Crippen LogP contribution is -2.45. The number of halogens is 2. The minimum atomic E-state index is -3.39. The van der Waals surface area contributed by atoms with Crippen LogP contribution >= 0.6 is 24.8 Å². The van der Waals surface area contributed by atoms with Crippen LogP contribution in [0.4, 0.5) is 5.69 Å². The highest BCUT2D eigenvalue weighted by atomic mass is 35.5. The number of hydrogen-bond donors (Lipinski definition) is 2. The normalized spacial score (nSPS) is 18.2. The first-order valence-electron chi connectivity index (χ1n) is 11.5. The Morgan fingerprint density at radius 2 is 1.76 bits per heavy atom. The van der Waals surface area contributed by atoms with Gasteiger partial charge in [-0.3, -0.25) is 4.31 Å². The molecule has 2 aromatic rings. The van der Waals surface area contributed by atoms with Crippen LogP contribution in [0.3, 0.4) is 0 Å². The SMILES string of the molecule is CC(C)Oc1ccc(N(C(C)C)S(C)(=O)=O)cc1CN[C@@H]1CCCN[C@@H]1c1ccccc1.Cl.Cl. The Bertz CT molecular complexity index is 988. The zero-order valence-corrected chi connectivity index (χ0v) is 23.1. The molecule has 192 valence electrons. The van der Waals surface area contributed by atoms with E-state index in [0.29, 0.717) is 12.2 Å². The van der Waals surface area contributed by atoms with Crippen LogP contribution in [-0.4, -0.2) is 39.4 Å². The van der Waals surface area contributed by atoms with Crippen LogP contribution in [0.2, 0.25) is 0 Å². The zero-order valence-electron chi connectivity index (χ0n) is 20.7. The minimum absolute atomic E-state index is 0. The Labute approximate surface area is 217 Å². The molecule has 0 bridgehead atoms. The molecule has 2 atom stereocenters. The molecule has 0 saturated carbocycles. The van der Waals surface area contributed by atoms with E-state index in [2.05, 4.69) is 34.9 Å². The van der Waals surface area contributed by atoms with Crippen molar-refractivity contribution in [3.63, 3.8) is 0 Å². The first kappa shape index (κ1) is 30.5. The first-order valence-corrected chi connectivity index (χ1v) is 13.3. The number of nitrogens with one attached hydrogen (secondary N) is 2. The van der Waals surface area contributed by atoms with Gasteiger partial charge in [0.15, 0.2) is 0 Å². The quantitative estimate of drug-likeness (QED) is 0.472. The van der Waals surface area contributed by atoms with Crippen molar-refractivity contribution >= 4 is 40.5 Å². The molecule has 1 aliphatic heterocycles. The summed E-state index contributed by atoms with van der Waals surface area (Å²) in [5.41, 5.74) is 2.90. The highest BCUT2D eigenvalue weighted by Gasteiger charge is 2.27. The van der Waals surface area contributed by atoms with Crippen LogP contribution in [0.15, 0.2) is 48.5 Å². The topological polar surface area (TPSA) is 70.7 Å². The molecule has 1 heterocycles. The monoisotopic (exact) mass is 531 g/mol. The molecule has 2 aromatic carbocycles. The number of sulfonamides is 1. The predicted octanol–water partition coefficient (Wildman–Crippen LogP) is 5.07. The fraction of sp³-hybridized carbons (Fsp3) is 0.520. The van der Waals surface area contributed by atoms with Crippen molar-refractivity contribution in [1.82, 2.24) is 10.6 Å². The smallest absolute Gasteiger partial charge is 0.232 e. The van der Waals surface area contributed by atoms with Gasteiger partial charge in [0, 0.05) is 30.2 Å². The van der Waals surface area contributed by atoms with E-state index in [4.69, 9.17) is 4.74 Å². The number of ether oxygens (including phenoxy) is 1. The Morgan fingerprint density at radius 3 is 2.35 bits per heavy atom. The van der Waals surface area contributed by atoms with Crippen molar-refractivity contribution in [2.75, 3.05) is 17.1 Å². The lowest BCUT2D eigenvalue weighted by molar-refractivity contribution is 0.238. The van der Waals surface area contributed by atoms with Gasteiger partial charge in [-0.2, -0.15) is 0 Å². The van der Waals surface area contributed by atoms with Gasteiger partial charge < -0.3 is 15.4 Å². The van der Waals surface area contributed by atoms with Crippen LogP contribution < -0.4 is 19.7 Å². The summed E-state index contributed by atoms with van der Waals surface area (Å²) in [6, 6.07) is 16.5. The molecule has 0 amide bonds. The third kappa shape index (κ3) is 8.02. The molecule has 1 saturated heterocycles. The number of rotatable bonds is 9. The van der Waals surface area contributed by atoms with E-state index in [0.717, 1.165) is 30.7 Å². The first-order chi connectivity index (χ1) is 15.2. The summed E-state index contributed by atoms with van der Waals surface area (Å²) in [6.07, 6.45) is 3.48. The fourth-order valence-corrected chi connectivity index (χ4v) is 5.70. The Morgan fingerprint density at radius 1 is 1.09 bits per heavy atom. The third-order valence-electron chi connectivity index (χ3n) is 5.66. The van der Waals surface area contributed by atoms with Crippen molar-refractivity contribution in [1.29, 1.82) is 0 Å². The number of nitrogens with zero attached hydrogens (tertiary/aromatic N) is 1. The highest BCUT2D eigenvalue weighted by molar-refractivity contribution is 7.92. The van der Waals surface area contributed by atoms with E-state index >= 15 is 0 Å². The molecule has 1 fully saturated rings. The van der Waals surface area contributed by atoms with Crippen molar-refractivity contribution in [2.24, 2.45) is 0 Å². The van der Waals surface area contributed by atoms with Gasteiger partial charge in [-0.25, -0.2) is 8.42 Å². The number of piperidine rings is 1. The van der Waals surface area contributed by atoms with Crippen LogP contribution in [0, 0.1) is 0 Å². The van der Waals surface area contributed by atoms with E-state index in [-0.39, 0.29) is 49.0 Å². The molecule has 0 aromatic heterocycles. The molecule has 9 heteroatoms. The molecule has 3 rings (SSSR count). The van der Waals surface area contributed by atoms with Crippen LogP contribution in [0.25, 0.3) is 0 Å². The third-order valence-corrected chi connectivity index (χ3v) is 7.01. The molecule has 2 N–H and O–H groups in total. The molecule has 0 radical (unpaired) electrons. The average molecular weight is 533 g/mol. The molecule has 0 spiro atoms. The Kier molecular flexibility index (Phi) is 12.2. The maximum atomic E-state index is 12.4. The van der Waals surface area contributed by atoms with Gasteiger partial charge in [0.2, 0.25) is 10.0 Å². The number of hydrogen-bond acceptors (Lipinski definition) is 5. The van der Waals surface area contributed by atoms with Crippen LogP contribution in [0.1, 0.15) is 57.7 Å². The fourth-order valence-electron chi connectivity index (χ4n) is 4.44. The molecule has 6 nitrogen and oxygen atoms in total. The second kappa shape index (κ2) is 13.5. The molecular formula is C25H39Cl2N3O3S. The van der Waals surface area contributed by atoms with Gasteiger partial charge >= 0.3 is 0 Å². The Balaban J connectivity index is 0.00000289. The number of benzene rings is 2. The Hall–Kier alpha value is -1.51. The average Bonchev–Trinajstić information content (AvgIpc) is 2.73. The summed E-state index contributed by atoms with van der Waals surface area (Å²) in [5, 5.41) is 7.38. The second-order valence-corrected chi connectivity index (χ2v) is 10.9. The standard InChI is InChI=1S/C25H37N3O3S.2ClH/c1-18(2)28(32(5,29)30)22-13-14-24(31-19(3)4)21(16-22)17-27-23-12-9-15-26-25(23)20-10-7-6-8-11-20;;/h6-8,10-11,13-14,16,18-19,23,25-27H,9,12,15,17H2,1-5H3;2*1H/t23-,25-;;/m1../s1. The van der Waals surface area contributed by atoms with Gasteiger partial charge in [-0.15, -0.1) is 24.8 Å². The van der Waals surface area contributed by atoms with Gasteiger partial charge in [0.1, 0.15) is 5.75 Å². The molecular weight excluding hydrogens is 493 g/mol. The molecule has 1 aliphatic rings. The predicted molar refractivity (Wildman–Crippen MR) is 146 cm³/mol. The van der Waals surface area contributed by atoms with Gasteiger partial charge in [-0.1, -0.05) is 30.3 Å². The maximum Gasteiger partial charge on any atom is 0.232 e. The van der Waals surface area contributed by atoms with Crippen molar-refractivity contribution in [3.8, 4) is 5.75 Å². The second-order valence-electron chi connectivity index (χ2n) is 9.08. The van der Waals surface area contributed by atoms with E-state index in [9.17, 15) is 8.42 Å². The van der Waals surface area contributed by atoms with Crippen LogP contribution in [-0.2, 0) is 16.6 Å². The van der Waals surface area contributed by atoms with E-state index in [1.807, 2.05) is 52.0 Å². The summed E-state index contributed by atoms with van der Waals surface area (Å²) in [6.45, 7) is 9.37. The van der Waals surface area contributed by atoms with Gasteiger partial charge in [-0.05, 0) is 70.8 Å². The zero-order chi connectivity index (χ0) is 23.3. The maximum absolute atomic E-state index is 12.4. The summed E-state index contributed by atoms with van der Waals surface area (Å²) in [7, 11) is -3.39. The van der Waals surface area contributed by atoms with Gasteiger partial charge in [0.05, 0.1) is 18.0 Å². The number of anilines is 1. The molecule has 0 unspecified atom stereocenters. The summed E-state index contributed by atoms with van der Waals surface area (Å²) in [4.78, 5) is 0. The summed E-state index contributed by atoms with van der Waals surface area (Å²) in [5.74, 6) is 0.786. The van der Waals surface area contributed by atoms with Gasteiger partial charge in [0.25, 0.3) is 0 Å². The van der Waals surface area contributed by atoms with E-state index in [1.165, 1.54) is 16.1 Å². The lowest BCUT2D eigenvalue weighted by Gasteiger charge is -2.34. The van der Waals surface area contributed by atoms with Crippen molar-refractivity contribution in [3.05, 3.63) is 59.7 Å². The highest BCUT2D eigenvalue weighted by Crippen LogP contribution is 2.30. The van der Waals surface area contributed by atoms with Crippen LogP contribution in [0.5, 0.6) is 5.75 Å². The molecule has 34 heavy (non-hydrogen) atoms. The largest absolute Gasteiger partial charge is 0.491 e. The van der Waals surface area contributed by atoms with Crippen molar-refractivity contribution < 1.29 is 13.2 Å².